The van der Waals surface area contributed by atoms with Crippen LogP contribution in [0, 0.1) is 31.6 Å². The van der Waals surface area contributed by atoms with E-state index in [4.69, 9.17) is 9.84 Å². The van der Waals surface area contributed by atoms with Crippen molar-refractivity contribution in [2.45, 2.75) is 60.0 Å². The Labute approximate surface area is 166 Å². The van der Waals surface area contributed by atoms with E-state index in [1.807, 2.05) is 40.7 Å². The Kier molecular flexibility index (Phi) is 25.5. The highest BCUT2D eigenvalue weighted by atomic mass is 16.6. The van der Waals surface area contributed by atoms with Crippen LogP contribution < -0.4 is 5.32 Å². The quantitative estimate of drug-likeness (QED) is 0.383. The number of nitrogens with one attached hydrogen (secondary N) is 1. The molecule has 0 fully saturated rings. The third-order valence-electron chi connectivity index (χ3n) is 2.41. The number of terminal acetylenes is 2. The maximum Gasteiger partial charge on any atom is 0.410 e. The Balaban J connectivity index is -0.000000283. The van der Waals surface area contributed by atoms with E-state index in [0.717, 1.165) is 6.42 Å². The monoisotopic (exact) mass is 382 g/mol. The molecule has 0 aromatic rings. The van der Waals surface area contributed by atoms with Crippen LogP contribution in [0.25, 0.3) is 0 Å². The minimum Gasteiger partial charge on any atom is -0.465 e. The van der Waals surface area contributed by atoms with Gasteiger partial charge in [0.2, 0.25) is 0 Å². The summed E-state index contributed by atoms with van der Waals surface area (Å²) in [6.45, 7) is 16.5. The number of allylic oxidation sites excluding steroid dienone is 1. The van der Waals surface area contributed by atoms with Gasteiger partial charge in [0.05, 0.1) is 0 Å². The number of hydrogen-bond acceptors (Lipinski definition) is 3. The minimum atomic E-state index is -1.05. The second-order valence-corrected chi connectivity index (χ2v) is 6.60. The number of nitrogens with zero attached hydrogens (tertiary/aromatic N) is 1. The summed E-state index contributed by atoms with van der Waals surface area (Å²) in [6.07, 6.45) is 18.1. The topological polar surface area (TPSA) is 78.9 Å². The lowest BCUT2D eigenvalue weighted by Crippen LogP contribution is -2.40. The Hall–Kier alpha value is -2.60. The smallest absolute Gasteiger partial charge is 0.410 e. The summed E-state index contributed by atoms with van der Waals surface area (Å²) in [5.41, 5.74) is -0.522. The largest absolute Gasteiger partial charge is 0.465 e. The van der Waals surface area contributed by atoms with E-state index in [1.54, 1.807) is 4.90 Å². The van der Waals surface area contributed by atoms with Crippen LogP contribution in [0.15, 0.2) is 12.7 Å². The fourth-order valence-corrected chi connectivity index (χ4v) is 1.49. The minimum absolute atomic E-state index is 0.326. The van der Waals surface area contributed by atoms with Gasteiger partial charge in [-0.05, 0) is 39.5 Å². The predicted octanol–water partition coefficient (Wildman–Crippen LogP) is 4.62. The predicted molar refractivity (Wildman–Crippen MR) is 114 cm³/mol. The molecule has 0 spiro atoms. The van der Waals surface area contributed by atoms with Crippen LogP contribution in [-0.4, -0.2) is 47.4 Å². The second kappa shape index (κ2) is 21.4. The molecule has 0 rings (SSSR count). The molecule has 6 heteroatoms. The van der Waals surface area contributed by atoms with Crippen molar-refractivity contribution >= 4 is 12.2 Å². The zero-order chi connectivity index (χ0) is 22.5. The van der Waals surface area contributed by atoms with E-state index in [9.17, 15) is 9.59 Å². The molecule has 6 nitrogen and oxygen atoms in total. The molecule has 0 aliphatic heterocycles. The molecule has 0 aliphatic rings. The molecular formula is C21H38N2O4. The molecule has 0 aliphatic carbocycles. The van der Waals surface area contributed by atoms with Crippen LogP contribution in [0.1, 0.15) is 54.4 Å². The number of carbonyl (C=O) groups is 2. The number of carbonyl (C=O) groups excluding carboxylic acids is 1. The Morgan fingerprint density at radius 1 is 1.22 bits per heavy atom. The molecule has 2 amide bonds. The number of ether oxygens (including phenoxy) is 1. The van der Waals surface area contributed by atoms with Gasteiger partial charge < -0.3 is 20.1 Å². The van der Waals surface area contributed by atoms with Gasteiger partial charge in [0.1, 0.15) is 5.60 Å². The van der Waals surface area contributed by atoms with Gasteiger partial charge in [-0.2, -0.15) is 0 Å². The Morgan fingerprint density at radius 3 is 1.96 bits per heavy atom. The van der Waals surface area contributed by atoms with Crippen LogP contribution in [0.3, 0.4) is 0 Å². The summed E-state index contributed by atoms with van der Waals surface area (Å²) in [5.74, 6) is 0.333. The van der Waals surface area contributed by atoms with Crippen molar-refractivity contribution in [1.29, 1.82) is 0 Å². The molecule has 27 heavy (non-hydrogen) atoms. The van der Waals surface area contributed by atoms with Crippen LogP contribution in [0.5, 0.6) is 0 Å². The van der Waals surface area contributed by atoms with E-state index in [-0.39, 0.29) is 6.09 Å². The molecule has 156 valence electrons. The summed E-state index contributed by atoms with van der Waals surface area (Å²) >= 11 is 0. The molecule has 0 saturated heterocycles. The van der Waals surface area contributed by atoms with Crippen molar-refractivity contribution in [3.05, 3.63) is 12.7 Å². The molecule has 0 radical (unpaired) electrons. The van der Waals surface area contributed by atoms with Crippen molar-refractivity contribution in [2.75, 3.05) is 19.6 Å². The molecule has 0 bridgehead atoms. The lowest BCUT2D eigenvalue weighted by atomic mass is 10.2. The van der Waals surface area contributed by atoms with Gasteiger partial charge in [0.25, 0.3) is 0 Å². The number of carboxylic acid groups (broad SMARTS) is 1. The highest BCUT2D eigenvalue weighted by molar-refractivity contribution is 5.68. The van der Waals surface area contributed by atoms with E-state index >= 15 is 0 Å². The Morgan fingerprint density at radius 2 is 1.67 bits per heavy atom. The van der Waals surface area contributed by atoms with Gasteiger partial charge in [-0.1, -0.05) is 26.8 Å². The zero-order valence-electron chi connectivity index (χ0n) is 17.8. The highest BCUT2D eigenvalue weighted by Crippen LogP contribution is 2.11. The summed E-state index contributed by atoms with van der Waals surface area (Å²) in [5, 5.41) is 10.7. The number of amides is 2. The molecule has 0 heterocycles. The number of rotatable bonds is 7. The molecular weight excluding hydrogens is 344 g/mol. The third kappa shape index (κ3) is 31.7. The van der Waals surface area contributed by atoms with Crippen molar-refractivity contribution in [2.24, 2.45) is 5.92 Å². The van der Waals surface area contributed by atoms with Gasteiger partial charge in [0, 0.05) is 19.6 Å². The first-order chi connectivity index (χ1) is 12.5. The fraction of sp³-hybridized carbons (Fsp3) is 0.619. The summed E-state index contributed by atoms with van der Waals surface area (Å²) < 4.78 is 5.33. The lowest BCUT2D eigenvalue weighted by molar-refractivity contribution is 0.0227. The average Bonchev–Trinajstić information content (AvgIpc) is 2.59. The summed E-state index contributed by atoms with van der Waals surface area (Å²) in [4.78, 5) is 23.9. The Bertz CT molecular complexity index is 415. The van der Waals surface area contributed by atoms with Gasteiger partial charge in [-0.25, -0.2) is 9.59 Å². The van der Waals surface area contributed by atoms with Crippen LogP contribution in [-0.2, 0) is 4.74 Å². The molecule has 0 aromatic heterocycles. The molecule has 0 aromatic carbocycles. The van der Waals surface area contributed by atoms with Gasteiger partial charge in [-0.15, -0.1) is 32.3 Å². The van der Waals surface area contributed by atoms with Crippen LogP contribution >= 0.6 is 0 Å². The van der Waals surface area contributed by atoms with Gasteiger partial charge in [-0.3, -0.25) is 0 Å². The van der Waals surface area contributed by atoms with E-state index in [1.165, 1.54) is 0 Å². The second-order valence-electron chi connectivity index (χ2n) is 6.60. The summed E-state index contributed by atoms with van der Waals surface area (Å²) in [7, 11) is 0. The SMILES string of the molecule is C#C.C#C.C=CCC.CC(C)CN(CCCNC(=O)O)C(=O)OC(C)(C)C. The van der Waals surface area contributed by atoms with Crippen molar-refractivity contribution in [1.82, 2.24) is 10.2 Å². The van der Waals surface area contributed by atoms with Crippen LogP contribution in [0.4, 0.5) is 9.59 Å². The maximum absolute atomic E-state index is 12.0. The lowest BCUT2D eigenvalue weighted by Gasteiger charge is -2.28. The van der Waals surface area contributed by atoms with Gasteiger partial charge >= 0.3 is 12.2 Å². The molecule has 0 saturated carbocycles. The first-order valence-corrected chi connectivity index (χ1v) is 8.75. The number of hydrogen-bond donors (Lipinski definition) is 2. The van der Waals surface area contributed by atoms with Crippen molar-refractivity contribution in [3.8, 4) is 25.7 Å². The normalized spacial score (nSPS) is 9.00. The average molecular weight is 383 g/mol. The van der Waals surface area contributed by atoms with E-state index in [2.05, 4.69) is 44.5 Å². The first-order valence-electron chi connectivity index (χ1n) is 8.75. The van der Waals surface area contributed by atoms with Gasteiger partial charge in [0.15, 0.2) is 0 Å². The fourth-order valence-electron chi connectivity index (χ4n) is 1.49. The molecule has 0 unspecified atom stereocenters. The van der Waals surface area contributed by atoms with Crippen molar-refractivity contribution in [3.63, 3.8) is 0 Å². The van der Waals surface area contributed by atoms with E-state index in [0.29, 0.717) is 32.0 Å². The van der Waals surface area contributed by atoms with Crippen molar-refractivity contribution < 1.29 is 19.4 Å². The third-order valence-corrected chi connectivity index (χ3v) is 2.41. The van der Waals surface area contributed by atoms with E-state index < -0.39 is 11.7 Å². The molecule has 2 N–H and O–H groups in total. The zero-order valence-corrected chi connectivity index (χ0v) is 17.8. The standard InChI is InChI=1S/C13H26N2O4.C4H8.2C2H2/c1-10(2)9-15(8-6-7-14-11(16)17)12(18)19-13(3,4)5;1-3-4-2;2*1-2/h10,14H,6-9H2,1-5H3,(H,16,17);3H,1,4H2,2H3;2*1-2H. The highest BCUT2D eigenvalue weighted by Gasteiger charge is 2.22. The summed E-state index contributed by atoms with van der Waals surface area (Å²) in [6, 6.07) is 0. The van der Waals surface area contributed by atoms with Crippen LogP contribution in [0.2, 0.25) is 0 Å². The first kappa shape index (κ1) is 32.1. The molecule has 0 atom stereocenters. The maximum atomic E-state index is 12.0.